The first-order valence-corrected chi connectivity index (χ1v) is 9.39. The van der Waals surface area contributed by atoms with Crippen LogP contribution < -0.4 is 5.32 Å². The molecule has 28 heavy (non-hydrogen) atoms. The number of likely N-dealkylation sites (tertiary alicyclic amines) is 1. The summed E-state index contributed by atoms with van der Waals surface area (Å²) in [5.74, 6) is -0.137. The van der Waals surface area contributed by atoms with Crippen LogP contribution in [0.4, 0.5) is 18.9 Å². The SMILES string of the molecule is O=C(CN1CCC(C(=O)N2CCOCC2)CC1)Nc1ccc(C(F)(F)F)cc1. The molecular formula is C19H24F3N3O3. The van der Waals surface area contributed by atoms with Crippen LogP contribution in [-0.2, 0) is 20.5 Å². The van der Waals surface area contributed by atoms with E-state index in [2.05, 4.69) is 5.32 Å². The average molecular weight is 399 g/mol. The van der Waals surface area contributed by atoms with Crippen LogP contribution in [0.5, 0.6) is 0 Å². The summed E-state index contributed by atoms with van der Waals surface area (Å²) in [6.45, 7) is 3.86. The summed E-state index contributed by atoms with van der Waals surface area (Å²) in [4.78, 5) is 28.5. The van der Waals surface area contributed by atoms with Gasteiger partial charge in [-0.3, -0.25) is 14.5 Å². The van der Waals surface area contributed by atoms with E-state index in [0.717, 1.165) is 12.1 Å². The first kappa shape index (κ1) is 20.6. The number of rotatable bonds is 4. The topological polar surface area (TPSA) is 61.9 Å². The van der Waals surface area contributed by atoms with E-state index in [-0.39, 0.29) is 24.3 Å². The number of nitrogens with zero attached hydrogens (tertiary/aromatic N) is 2. The Kier molecular flexibility index (Phi) is 6.56. The molecule has 154 valence electrons. The second-order valence-electron chi connectivity index (χ2n) is 7.11. The predicted octanol–water partition coefficient (Wildman–Crippen LogP) is 2.21. The molecule has 0 bridgehead atoms. The Morgan fingerprint density at radius 3 is 2.21 bits per heavy atom. The average Bonchev–Trinajstić information content (AvgIpc) is 2.68. The van der Waals surface area contributed by atoms with E-state index in [4.69, 9.17) is 4.74 Å². The molecular weight excluding hydrogens is 375 g/mol. The van der Waals surface area contributed by atoms with E-state index < -0.39 is 11.7 Å². The van der Waals surface area contributed by atoms with Crippen LogP contribution in [0.2, 0.25) is 0 Å². The Hall–Kier alpha value is -2.13. The summed E-state index contributed by atoms with van der Waals surface area (Å²) < 4.78 is 43.0. The first-order chi connectivity index (χ1) is 13.3. The second kappa shape index (κ2) is 8.91. The molecule has 2 fully saturated rings. The van der Waals surface area contributed by atoms with Gasteiger partial charge in [0, 0.05) is 24.7 Å². The number of ether oxygens (including phenoxy) is 1. The van der Waals surface area contributed by atoms with Gasteiger partial charge in [0.2, 0.25) is 11.8 Å². The third kappa shape index (κ3) is 5.45. The highest BCUT2D eigenvalue weighted by molar-refractivity contribution is 5.92. The maximum atomic E-state index is 12.6. The smallest absolute Gasteiger partial charge is 0.378 e. The fraction of sp³-hybridized carbons (Fsp3) is 0.579. The summed E-state index contributed by atoms with van der Waals surface area (Å²) in [5, 5.41) is 2.62. The zero-order chi connectivity index (χ0) is 20.1. The molecule has 2 heterocycles. The Morgan fingerprint density at radius 1 is 1.04 bits per heavy atom. The third-order valence-electron chi connectivity index (χ3n) is 5.12. The molecule has 1 N–H and O–H groups in total. The van der Waals surface area contributed by atoms with Crippen LogP contribution in [0, 0.1) is 5.92 Å². The fourth-order valence-electron chi connectivity index (χ4n) is 3.53. The number of halogens is 3. The Balaban J connectivity index is 1.43. The monoisotopic (exact) mass is 399 g/mol. The van der Waals surface area contributed by atoms with Crippen LogP contribution in [0.3, 0.4) is 0 Å². The normalized spacial score (nSPS) is 19.5. The fourth-order valence-corrected chi connectivity index (χ4v) is 3.53. The number of anilines is 1. The number of hydrogen-bond donors (Lipinski definition) is 1. The molecule has 6 nitrogen and oxygen atoms in total. The van der Waals surface area contributed by atoms with Gasteiger partial charge in [0.1, 0.15) is 0 Å². The van der Waals surface area contributed by atoms with E-state index in [9.17, 15) is 22.8 Å². The lowest BCUT2D eigenvalue weighted by atomic mass is 9.95. The molecule has 0 saturated carbocycles. The molecule has 0 aliphatic carbocycles. The van der Waals surface area contributed by atoms with Gasteiger partial charge >= 0.3 is 6.18 Å². The zero-order valence-corrected chi connectivity index (χ0v) is 15.5. The van der Waals surface area contributed by atoms with Gasteiger partial charge in [0.15, 0.2) is 0 Å². The zero-order valence-electron chi connectivity index (χ0n) is 15.5. The molecule has 1 aromatic rings. The Bertz CT molecular complexity index is 680. The van der Waals surface area contributed by atoms with Crippen molar-refractivity contribution in [2.24, 2.45) is 5.92 Å². The molecule has 0 atom stereocenters. The van der Waals surface area contributed by atoms with Gasteiger partial charge in [-0.1, -0.05) is 0 Å². The van der Waals surface area contributed by atoms with Gasteiger partial charge in [-0.25, -0.2) is 0 Å². The molecule has 2 aliphatic rings. The highest BCUT2D eigenvalue weighted by Crippen LogP contribution is 2.29. The van der Waals surface area contributed by atoms with Crippen molar-refractivity contribution in [3.8, 4) is 0 Å². The van der Waals surface area contributed by atoms with E-state index in [1.165, 1.54) is 12.1 Å². The molecule has 0 aromatic heterocycles. The number of amides is 2. The van der Waals surface area contributed by atoms with E-state index in [0.29, 0.717) is 57.9 Å². The number of benzene rings is 1. The van der Waals surface area contributed by atoms with Crippen LogP contribution >= 0.6 is 0 Å². The summed E-state index contributed by atoms with van der Waals surface area (Å²) in [6, 6.07) is 4.37. The summed E-state index contributed by atoms with van der Waals surface area (Å²) in [7, 11) is 0. The molecule has 1 aromatic carbocycles. The number of morpholine rings is 1. The standard InChI is InChI=1S/C19H24F3N3O3/c20-19(21,22)15-1-3-16(4-2-15)23-17(26)13-24-7-5-14(6-8-24)18(27)25-9-11-28-12-10-25/h1-4,14H,5-13H2,(H,23,26). The van der Waals surface area contributed by atoms with Crippen molar-refractivity contribution in [1.29, 1.82) is 0 Å². The number of piperidine rings is 1. The number of carbonyl (C=O) groups excluding carboxylic acids is 2. The van der Waals surface area contributed by atoms with Gasteiger partial charge in [-0.2, -0.15) is 13.2 Å². The molecule has 0 spiro atoms. The molecule has 2 amide bonds. The molecule has 0 radical (unpaired) electrons. The summed E-state index contributed by atoms with van der Waals surface area (Å²) in [6.07, 6.45) is -3.00. The van der Waals surface area contributed by atoms with Crippen LogP contribution in [0.1, 0.15) is 18.4 Å². The minimum absolute atomic E-state index is 0.0210. The molecule has 0 unspecified atom stereocenters. The molecule has 2 saturated heterocycles. The summed E-state index contributed by atoms with van der Waals surface area (Å²) in [5.41, 5.74) is -0.423. The molecule has 2 aliphatic heterocycles. The van der Waals surface area contributed by atoms with Crippen molar-refractivity contribution in [3.63, 3.8) is 0 Å². The lowest BCUT2D eigenvalue weighted by Gasteiger charge is -2.35. The highest BCUT2D eigenvalue weighted by Gasteiger charge is 2.31. The minimum Gasteiger partial charge on any atom is -0.378 e. The van der Waals surface area contributed by atoms with Gasteiger partial charge in [-0.05, 0) is 50.2 Å². The van der Waals surface area contributed by atoms with E-state index in [1.54, 1.807) is 0 Å². The van der Waals surface area contributed by atoms with Gasteiger partial charge in [0.05, 0.1) is 25.3 Å². The van der Waals surface area contributed by atoms with Crippen molar-refractivity contribution in [3.05, 3.63) is 29.8 Å². The largest absolute Gasteiger partial charge is 0.416 e. The number of alkyl halides is 3. The molecule has 3 rings (SSSR count). The number of hydrogen-bond acceptors (Lipinski definition) is 4. The maximum absolute atomic E-state index is 12.6. The van der Waals surface area contributed by atoms with Crippen molar-refractivity contribution in [1.82, 2.24) is 9.80 Å². The lowest BCUT2D eigenvalue weighted by Crippen LogP contribution is -2.47. The van der Waals surface area contributed by atoms with Gasteiger partial charge in [-0.15, -0.1) is 0 Å². The Morgan fingerprint density at radius 2 is 1.64 bits per heavy atom. The van der Waals surface area contributed by atoms with Crippen molar-refractivity contribution < 1.29 is 27.5 Å². The Labute approximate surface area is 161 Å². The summed E-state index contributed by atoms with van der Waals surface area (Å²) >= 11 is 0. The molecule has 9 heteroatoms. The minimum atomic E-state index is -4.40. The predicted molar refractivity (Wildman–Crippen MR) is 96.6 cm³/mol. The lowest BCUT2D eigenvalue weighted by molar-refractivity contribution is -0.141. The maximum Gasteiger partial charge on any atom is 0.416 e. The quantitative estimate of drug-likeness (QED) is 0.844. The van der Waals surface area contributed by atoms with E-state index >= 15 is 0 Å². The van der Waals surface area contributed by atoms with Crippen molar-refractivity contribution in [2.45, 2.75) is 19.0 Å². The van der Waals surface area contributed by atoms with Gasteiger partial charge < -0.3 is 15.0 Å². The van der Waals surface area contributed by atoms with Crippen LogP contribution in [0.25, 0.3) is 0 Å². The first-order valence-electron chi connectivity index (χ1n) is 9.39. The van der Waals surface area contributed by atoms with Crippen molar-refractivity contribution >= 4 is 17.5 Å². The third-order valence-corrected chi connectivity index (χ3v) is 5.12. The number of carbonyl (C=O) groups is 2. The van der Waals surface area contributed by atoms with Crippen LogP contribution in [-0.4, -0.2) is 67.6 Å². The second-order valence-corrected chi connectivity index (χ2v) is 7.11. The van der Waals surface area contributed by atoms with Crippen molar-refractivity contribution in [2.75, 3.05) is 51.3 Å². The van der Waals surface area contributed by atoms with E-state index in [1.807, 2.05) is 9.80 Å². The van der Waals surface area contributed by atoms with Crippen LogP contribution in [0.15, 0.2) is 24.3 Å². The number of nitrogens with one attached hydrogen (secondary N) is 1. The highest BCUT2D eigenvalue weighted by atomic mass is 19.4. The van der Waals surface area contributed by atoms with Gasteiger partial charge in [0.25, 0.3) is 0 Å².